The third-order valence-corrected chi connectivity index (χ3v) is 3.42. The smallest absolute Gasteiger partial charge is 0.407 e. The maximum absolute atomic E-state index is 13.7. The highest BCUT2D eigenvalue weighted by Crippen LogP contribution is 2.18. The Bertz CT molecular complexity index is 773. The summed E-state index contributed by atoms with van der Waals surface area (Å²) in [5, 5.41) is 17.8. The van der Waals surface area contributed by atoms with E-state index in [1.165, 1.54) is 29.7 Å². The first kappa shape index (κ1) is 18.3. The molecule has 0 heterocycles. The van der Waals surface area contributed by atoms with E-state index in [4.69, 9.17) is 5.21 Å². The summed E-state index contributed by atoms with van der Waals surface area (Å²) in [6.07, 6.45) is -1.43. The van der Waals surface area contributed by atoms with Crippen molar-refractivity contribution in [2.45, 2.75) is 13.1 Å². The van der Waals surface area contributed by atoms with E-state index in [9.17, 15) is 27.9 Å². The summed E-state index contributed by atoms with van der Waals surface area (Å²) in [7, 11) is 0. The van der Waals surface area contributed by atoms with Crippen LogP contribution in [-0.4, -0.2) is 27.2 Å². The molecule has 25 heavy (non-hydrogen) atoms. The highest BCUT2D eigenvalue weighted by Gasteiger charge is 2.19. The fourth-order valence-corrected chi connectivity index (χ4v) is 2.15. The number of rotatable bonds is 5. The number of hydroxylamine groups is 1. The molecule has 2 aromatic rings. The van der Waals surface area contributed by atoms with Crippen molar-refractivity contribution in [3.05, 3.63) is 70.5 Å². The third kappa shape index (κ3) is 4.48. The molecule has 2 aromatic carbocycles. The second kappa shape index (κ2) is 7.67. The van der Waals surface area contributed by atoms with Gasteiger partial charge in [0.15, 0.2) is 0 Å². The Hall–Kier alpha value is -3.07. The van der Waals surface area contributed by atoms with Crippen molar-refractivity contribution in [3.8, 4) is 0 Å². The van der Waals surface area contributed by atoms with Gasteiger partial charge in [-0.3, -0.25) is 14.9 Å². The molecule has 0 radical (unpaired) electrons. The van der Waals surface area contributed by atoms with Crippen molar-refractivity contribution < 1.29 is 33.1 Å². The third-order valence-electron chi connectivity index (χ3n) is 3.42. The molecule has 132 valence electrons. The van der Waals surface area contributed by atoms with Crippen LogP contribution in [0.3, 0.4) is 0 Å². The lowest BCUT2D eigenvalue weighted by Crippen LogP contribution is -2.29. The SMILES string of the molecule is O=C(NO)c1ccc(CN(Cc2c(F)cc(F)cc2F)C(=O)O)cc1. The molecule has 2 rings (SSSR count). The molecule has 0 fully saturated rings. The molecule has 0 unspecified atom stereocenters. The molecule has 0 aliphatic rings. The van der Waals surface area contributed by atoms with Crippen LogP contribution in [0.15, 0.2) is 36.4 Å². The van der Waals surface area contributed by atoms with Gasteiger partial charge in [-0.25, -0.2) is 23.4 Å². The average molecular weight is 354 g/mol. The van der Waals surface area contributed by atoms with E-state index in [-0.39, 0.29) is 12.1 Å². The number of hydrogen-bond acceptors (Lipinski definition) is 3. The summed E-state index contributed by atoms with van der Waals surface area (Å²) in [5.41, 5.74) is 1.47. The van der Waals surface area contributed by atoms with E-state index in [0.29, 0.717) is 17.7 Å². The quantitative estimate of drug-likeness (QED) is 0.569. The Morgan fingerprint density at radius 2 is 1.56 bits per heavy atom. The molecule has 3 N–H and O–H groups in total. The van der Waals surface area contributed by atoms with Gasteiger partial charge >= 0.3 is 6.09 Å². The molecule has 0 atom stereocenters. The van der Waals surface area contributed by atoms with Gasteiger partial charge in [-0.1, -0.05) is 12.1 Å². The largest absolute Gasteiger partial charge is 0.465 e. The second-order valence-electron chi connectivity index (χ2n) is 5.12. The van der Waals surface area contributed by atoms with Crippen LogP contribution in [0.5, 0.6) is 0 Å². The van der Waals surface area contributed by atoms with Gasteiger partial charge in [0.1, 0.15) is 17.5 Å². The number of benzene rings is 2. The zero-order valence-electron chi connectivity index (χ0n) is 12.7. The summed E-state index contributed by atoms with van der Waals surface area (Å²) in [6.45, 7) is -0.835. The van der Waals surface area contributed by atoms with Gasteiger partial charge in [-0.2, -0.15) is 0 Å². The van der Waals surface area contributed by atoms with Crippen LogP contribution in [0.4, 0.5) is 18.0 Å². The maximum atomic E-state index is 13.7. The number of nitrogens with one attached hydrogen (secondary N) is 1. The van der Waals surface area contributed by atoms with Crippen LogP contribution >= 0.6 is 0 Å². The summed E-state index contributed by atoms with van der Waals surface area (Å²) < 4.78 is 40.3. The number of carbonyl (C=O) groups is 2. The summed E-state index contributed by atoms with van der Waals surface area (Å²) in [6, 6.07) is 6.50. The Labute approximate surface area is 140 Å². The van der Waals surface area contributed by atoms with Gasteiger partial charge in [-0.05, 0) is 17.7 Å². The molecule has 0 spiro atoms. The highest BCUT2D eigenvalue weighted by molar-refractivity contribution is 5.93. The zero-order chi connectivity index (χ0) is 18.6. The number of nitrogens with zero attached hydrogens (tertiary/aromatic N) is 1. The molecule has 0 aliphatic carbocycles. The van der Waals surface area contributed by atoms with E-state index in [2.05, 4.69) is 0 Å². The lowest BCUT2D eigenvalue weighted by molar-refractivity contribution is 0.0706. The van der Waals surface area contributed by atoms with E-state index < -0.39 is 41.6 Å². The summed E-state index contributed by atoms with van der Waals surface area (Å²) in [4.78, 5) is 23.3. The maximum Gasteiger partial charge on any atom is 0.407 e. The lowest BCUT2D eigenvalue weighted by Gasteiger charge is -2.20. The minimum absolute atomic E-state index is 0.142. The van der Waals surface area contributed by atoms with Crippen molar-refractivity contribution in [3.63, 3.8) is 0 Å². The normalized spacial score (nSPS) is 10.4. The van der Waals surface area contributed by atoms with E-state index in [1.807, 2.05) is 0 Å². The molecule has 0 aliphatic heterocycles. The monoisotopic (exact) mass is 354 g/mol. The first-order chi connectivity index (χ1) is 11.8. The number of halogens is 3. The Morgan fingerprint density at radius 1 is 1.00 bits per heavy atom. The van der Waals surface area contributed by atoms with Crippen molar-refractivity contribution >= 4 is 12.0 Å². The van der Waals surface area contributed by atoms with E-state index in [1.54, 1.807) is 0 Å². The number of carbonyl (C=O) groups excluding carboxylic acids is 1. The minimum atomic E-state index is -1.43. The number of amides is 2. The number of carboxylic acid groups (broad SMARTS) is 1. The van der Waals surface area contributed by atoms with Crippen molar-refractivity contribution in [2.24, 2.45) is 0 Å². The van der Waals surface area contributed by atoms with Gasteiger partial charge in [0.2, 0.25) is 0 Å². The predicted octanol–water partition coefficient (Wildman–Crippen LogP) is 2.90. The topological polar surface area (TPSA) is 89.9 Å². The molecular weight excluding hydrogens is 341 g/mol. The van der Waals surface area contributed by atoms with Gasteiger partial charge in [-0.15, -0.1) is 0 Å². The average Bonchev–Trinajstić information content (AvgIpc) is 2.56. The van der Waals surface area contributed by atoms with Gasteiger partial charge in [0.25, 0.3) is 5.91 Å². The number of hydrogen-bond donors (Lipinski definition) is 3. The molecule has 0 saturated carbocycles. The van der Waals surface area contributed by atoms with E-state index >= 15 is 0 Å². The molecule has 2 amide bonds. The summed E-state index contributed by atoms with van der Waals surface area (Å²) >= 11 is 0. The van der Waals surface area contributed by atoms with Crippen LogP contribution in [0.25, 0.3) is 0 Å². The van der Waals surface area contributed by atoms with Crippen LogP contribution in [0.1, 0.15) is 21.5 Å². The fourth-order valence-electron chi connectivity index (χ4n) is 2.15. The first-order valence-electron chi connectivity index (χ1n) is 6.96. The molecule has 9 heteroatoms. The lowest BCUT2D eigenvalue weighted by atomic mass is 10.1. The van der Waals surface area contributed by atoms with Crippen LogP contribution in [0.2, 0.25) is 0 Å². The molecule has 0 saturated heterocycles. The predicted molar refractivity (Wildman–Crippen MR) is 79.3 cm³/mol. The van der Waals surface area contributed by atoms with Crippen molar-refractivity contribution in [1.82, 2.24) is 10.4 Å². The Balaban J connectivity index is 2.19. The molecule has 0 bridgehead atoms. The second-order valence-corrected chi connectivity index (χ2v) is 5.12. The molecule has 6 nitrogen and oxygen atoms in total. The fraction of sp³-hybridized carbons (Fsp3) is 0.125. The Morgan fingerprint density at radius 3 is 2.04 bits per heavy atom. The van der Waals surface area contributed by atoms with Crippen molar-refractivity contribution in [1.29, 1.82) is 0 Å². The Kier molecular flexibility index (Phi) is 5.60. The van der Waals surface area contributed by atoms with Crippen LogP contribution in [-0.2, 0) is 13.1 Å². The first-order valence-corrected chi connectivity index (χ1v) is 6.96. The van der Waals surface area contributed by atoms with E-state index in [0.717, 1.165) is 4.90 Å². The van der Waals surface area contributed by atoms with Crippen LogP contribution in [0, 0.1) is 17.5 Å². The highest BCUT2D eigenvalue weighted by atomic mass is 19.1. The van der Waals surface area contributed by atoms with Crippen molar-refractivity contribution in [2.75, 3.05) is 0 Å². The van der Waals surface area contributed by atoms with Crippen LogP contribution < -0.4 is 5.48 Å². The van der Waals surface area contributed by atoms with Gasteiger partial charge in [0.05, 0.1) is 6.54 Å². The zero-order valence-corrected chi connectivity index (χ0v) is 12.7. The summed E-state index contributed by atoms with van der Waals surface area (Å²) in [5.74, 6) is -4.20. The molecule has 0 aromatic heterocycles. The minimum Gasteiger partial charge on any atom is -0.465 e. The van der Waals surface area contributed by atoms with Gasteiger partial charge in [0, 0.05) is 29.8 Å². The molecular formula is C16H13F3N2O4. The van der Waals surface area contributed by atoms with Gasteiger partial charge < -0.3 is 5.11 Å². The standard InChI is InChI=1S/C16H13F3N2O4/c17-11-5-13(18)12(14(19)6-11)8-21(16(23)24)7-9-1-3-10(4-2-9)15(22)20-25/h1-6,25H,7-8H2,(H,20,22)(H,23,24).